The van der Waals surface area contributed by atoms with Gasteiger partial charge in [0.1, 0.15) is 0 Å². The molecular weight excluding hydrogens is 268 g/mol. The Hall–Kier alpha value is -0.0400. The third kappa shape index (κ3) is 4.28. The second-order valence-corrected chi connectivity index (χ2v) is 9.22. The van der Waals surface area contributed by atoms with Crippen LogP contribution in [0.25, 0.3) is 0 Å². The van der Waals surface area contributed by atoms with Crippen LogP contribution < -0.4 is 0 Å². The van der Waals surface area contributed by atoms with Gasteiger partial charge in [-0.15, -0.1) is 0 Å². The highest BCUT2D eigenvalue weighted by atomic mass is 16.0. The predicted octanol–water partition coefficient (Wildman–Crippen LogP) is 5.87. The minimum absolute atomic E-state index is 0. The van der Waals surface area contributed by atoms with E-state index in [1.165, 1.54) is 25.7 Å². The Morgan fingerprint density at radius 3 is 1.36 bits per heavy atom. The Morgan fingerprint density at radius 2 is 0.864 bits per heavy atom. The molecule has 3 saturated carbocycles. The molecule has 0 aromatic heterocycles. The van der Waals surface area contributed by atoms with E-state index in [1.807, 2.05) is 0 Å². The first-order valence-electron chi connectivity index (χ1n) is 10.1. The minimum Gasteiger partial charge on any atom is -0.412 e. The van der Waals surface area contributed by atoms with Crippen molar-refractivity contribution in [3.8, 4) is 0 Å². The van der Waals surface area contributed by atoms with Crippen LogP contribution in [-0.4, -0.2) is 5.48 Å². The van der Waals surface area contributed by atoms with E-state index < -0.39 is 0 Å². The monoisotopic (exact) mass is 308 g/mol. The van der Waals surface area contributed by atoms with Crippen molar-refractivity contribution >= 4 is 0 Å². The Balaban J connectivity index is 0.00000176. The van der Waals surface area contributed by atoms with Gasteiger partial charge in [-0.25, -0.2) is 0 Å². The van der Waals surface area contributed by atoms with Crippen molar-refractivity contribution in [3.63, 3.8) is 0 Å². The molecule has 0 saturated heterocycles. The van der Waals surface area contributed by atoms with E-state index in [9.17, 15) is 0 Å². The molecule has 1 heteroatoms. The molecule has 3 aliphatic carbocycles. The first-order chi connectivity index (χ1) is 10.1. The summed E-state index contributed by atoms with van der Waals surface area (Å²) in [5, 5.41) is 0. The maximum atomic E-state index is 2.51. The Labute approximate surface area is 139 Å². The first-order valence-corrected chi connectivity index (χ1v) is 10.1. The van der Waals surface area contributed by atoms with Crippen LogP contribution >= 0.6 is 0 Å². The third-order valence-electron chi connectivity index (χ3n) is 7.85. The van der Waals surface area contributed by atoms with E-state index in [0.29, 0.717) is 0 Å². The standard InChI is InChI=1S/C21H38.H2O/c1-15-4-7-18(8-5-15)19-10-12-20(13-11-19)21-9-6-16(2)17(3)14-21;/h15-21H,4-14H2,1-3H3;1H2. The maximum absolute atomic E-state index is 2.51. The van der Waals surface area contributed by atoms with Gasteiger partial charge in [-0.05, 0) is 92.8 Å². The first kappa shape index (κ1) is 18.3. The lowest BCUT2D eigenvalue weighted by Crippen LogP contribution is -2.31. The molecule has 0 radical (unpaired) electrons. The Morgan fingerprint density at radius 1 is 0.455 bits per heavy atom. The fraction of sp³-hybridized carbons (Fsp3) is 1.00. The van der Waals surface area contributed by atoms with Crippen molar-refractivity contribution < 1.29 is 5.48 Å². The maximum Gasteiger partial charge on any atom is -0.0383 e. The lowest BCUT2D eigenvalue weighted by Gasteiger charge is -2.42. The smallest absolute Gasteiger partial charge is 0.0383 e. The van der Waals surface area contributed by atoms with Crippen LogP contribution in [0, 0.1) is 41.4 Å². The van der Waals surface area contributed by atoms with Gasteiger partial charge in [0.15, 0.2) is 0 Å². The molecule has 0 bridgehead atoms. The lowest BCUT2D eigenvalue weighted by atomic mass is 9.64. The van der Waals surface area contributed by atoms with E-state index in [2.05, 4.69) is 20.8 Å². The molecule has 22 heavy (non-hydrogen) atoms. The molecule has 0 amide bonds. The highest BCUT2D eigenvalue weighted by molar-refractivity contribution is 4.86. The average molecular weight is 309 g/mol. The van der Waals surface area contributed by atoms with Crippen LogP contribution in [0.15, 0.2) is 0 Å². The van der Waals surface area contributed by atoms with Gasteiger partial charge in [-0.2, -0.15) is 0 Å². The van der Waals surface area contributed by atoms with Gasteiger partial charge in [-0.3, -0.25) is 0 Å². The van der Waals surface area contributed by atoms with Gasteiger partial charge in [0.25, 0.3) is 0 Å². The van der Waals surface area contributed by atoms with Gasteiger partial charge in [0.05, 0.1) is 0 Å². The average Bonchev–Trinajstić information content (AvgIpc) is 2.51. The molecule has 3 aliphatic rings. The summed E-state index contributed by atoms with van der Waals surface area (Å²) in [6.07, 6.45) is 17.0. The largest absolute Gasteiger partial charge is 0.412 e. The van der Waals surface area contributed by atoms with Gasteiger partial charge >= 0.3 is 0 Å². The van der Waals surface area contributed by atoms with Crippen molar-refractivity contribution in [2.75, 3.05) is 0 Å². The molecule has 3 fully saturated rings. The van der Waals surface area contributed by atoms with E-state index in [1.54, 1.807) is 44.9 Å². The van der Waals surface area contributed by atoms with Crippen LogP contribution in [0.3, 0.4) is 0 Å². The number of rotatable bonds is 2. The summed E-state index contributed by atoms with van der Waals surface area (Å²) in [4.78, 5) is 0. The summed E-state index contributed by atoms with van der Waals surface area (Å²) in [6, 6.07) is 0. The van der Waals surface area contributed by atoms with Gasteiger partial charge in [0, 0.05) is 0 Å². The summed E-state index contributed by atoms with van der Waals surface area (Å²) in [7, 11) is 0. The molecule has 3 atom stereocenters. The molecule has 0 heterocycles. The second-order valence-electron chi connectivity index (χ2n) is 9.22. The summed E-state index contributed by atoms with van der Waals surface area (Å²) < 4.78 is 0. The fourth-order valence-corrected chi connectivity index (χ4v) is 5.86. The lowest BCUT2D eigenvalue weighted by molar-refractivity contribution is 0.0908. The zero-order chi connectivity index (χ0) is 14.8. The predicted molar refractivity (Wildman–Crippen MR) is 95.9 cm³/mol. The summed E-state index contributed by atoms with van der Waals surface area (Å²) in [6.45, 7) is 7.44. The van der Waals surface area contributed by atoms with Crippen molar-refractivity contribution in [3.05, 3.63) is 0 Å². The van der Waals surface area contributed by atoms with Crippen LogP contribution in [0.2, 0.25) is 0 Å². The second kappa shape index (κ2) is 8.18. The highest BCUT2D eigenvalue weighted by Gasteiger charge is 2.35. The third-order valence-corrected chi connectivity index (χ3v) is 7.85. The van der Waals surface area contributed by atoms with E-state index in [4.69, 9.17) is 0 Å². The fourth-order valence-electron chi connectivity index (χ4n) is 5.86. The van der Waals surface area contributed by atoms with Crippen molar-refractivity contribution in [1.82, 2.24) is 0 Å². The Kier molecular flexibility index (Phi) is 6.80. The molecule has 0 aromatic carbocycles. The number of hydrogen-bond donors (Lipinski definition) is 0. The van der Waals surface area contributed by atoms with Gasteiger partial charge in [0.2, 0.25) is 0 Å². The minimum atomic E-state index is 0. The van der Waals surface area contributed by atoms with E-state index in [0.717, 1.165) is 41.4 Å². The summed E-state index contributed by atoms with van der Waals surface area (Å²) in [5.74, 6) is 7.38. The molecule has 3 rings (SSSR count). The molecule has 3 unspecified atom stereocenters. The topological polar surface area (TPSA) is 31.5 Å². The highest BCUT2D eigenvalue weighted by Crippen LogP contribution is 2.46. The van der Waals surface area contributed by atoms with Crippen LogP contribution in [0.4, 0.5) is 0 Å². The molecule has 1 nitrogen and oxygen atoms in total. The molecular formula is C21H40O. The quantitative estimate of drug-likeness (QED) is 0.611. The van der Waals surface area contributed by atoms with Crippen molar-refractivity contribution in [1.29, 1.82) is 0 Å². The molecule has 130 valence electrons. The molecule has 0 aromatic rings. The van der Waals surface area contributed by atoms with E-state index >= 15 is 0 Å². The normalized spacial score (nSPS) is 46.8. The van der Waals surface area contributed by atoms with Crippen LogP contribution in [0.1, 0.15) is 91.4 Å². The van der Waals surface area contributed by atoms with Gasteiger partial charge in [-0.1, -0.05) is 40.0 Å². The molecule has 0 aliphatic heterocycles. The van der Waals surface area contributed by atoms with Crippen LogP contribution in [0.5, 0.6) is 0 Å². The number of hydrogen-bond acceptors (Lipinski definition) is 0. The zero-order valence-corrected chi connectivity index (χ0v) is 15.3. The van der Waals surface area contributed by atoms with Crippen molar-refractivity contribution in [2.24, 2.45) is 41.4 Å². The van der Waals surface area contributed by atoms with Crippen LogP contribution in [-0.2, 0) is 0 Å². The zero-order valence-electron chi connectivity index (χ0n) is 15.3. The SMILES string of the molecule is CC1CCC(C2CCC(C3CCC(C)C(C)C3)CC2)CC1.O. The van der Waals surface area contributed by atoms with E-state index in [-0.39, 0.29) is 5.48 Å². The summed E-state index contributed by atoms with van der Waals surface area (Å²) >= 11 is 0. The molecule has 0 spiro atoms. The summed E-state index contributed by atoms with van der Waals surface area (Å²) in [5.41, 5.74) is 0. The van der Waals surface area contributed by atoms with Gasteiger partial charge < -0.3 is 5.48 Å². The Bertz CT molecular complexity index is 310. The van der Waals surface area contributed by atoms with Crippen molar-refractivity contribution in [2.45, 2.75) is 91.4 Å². The molecule has 2 N–H and O–H groups in total.